The Morgan fingerprint density at radius 2 is 2.05 bits per heavy atom. The fourth-order valence-corrected chi connectivity index (χ4v) is 5.59. The topological polar surface area (TPSA) is 132 Å². The van der Waals surface area contributed by atoms with Gasteiger partial charge in [0.2, 0.25) is 11.9 Å². The number of carbonyl (C=O) groups excluding carboxylic acids is 2. The van der Waals surface area contributed by atoms with E-state index in [4.69, 9.17) is 26.8 Å². The molecule has 11 heteroatoms. The Kier molecular flexibility index (Phi) is 9.02. The average molecular weight is 579 g/mol. The molecular weight excluding hydrogens is 544 g/mol. The zero-order valence-electron chi connectivity index (χ0n) is 23.2. The number of anilines is 1. The minimum Gasteiger partial charge on any atom is -0.497 e. The van der Waals surface area contributed by atoms with E-state index in [9.17, 15) is 9.59 Å². The van der Waals surface area contributed by atoms with Crippen LogP contribution in [0.3, 0.4) is 0 Å². The van der Waals surface area contributed by atoms with Crippen molar-refractivity contribution in [1.82, 2.24) is 20.2 Å². The summed E-state index contributed by atoms with van der Waals surface area (Å²) in [6, 6.07) is 12.8. The molecule has 41 heavy (non-hydrogen) atoms. The molecule has 2 aromatic carbocycles. The second-order valence-corrected chi connectivity index (χ2v) is 10.7. The van der Waals surface area contributed by atoms with Crippen molar-refractivity contribution in [3.8, 4) is 17.0 Å². The number of halogens is 1. The van der Waals surface area contributed by atoms with Gasteiger partial charge >= 0.3 is 0 Å². The fraction of sp³-hybridized carbons (Fsp3) is 0.400. The maximum absolute atomic E-state index is 13.7. The molecule has 0 radical (unpaired) electrons. The molecule has 0 aliphatic carbocycles. The second-order valence-electron chi connectivity index (χ2n) is 10.3. The van der Waals surface area contributed by atoms with E-state index < -0.39 is 0 Å². The highest BCUT2D eigenvalue weighted by atomic mass is 35.5. The molecule has 2 atom stereocenters. The summed E-state index contributed by atoms with van der Waals surface area (Å²) in [5.41, 5.74) is 9.41. The number of fused-ring (bicyclic) bond motifs is 1. The van der Waals surface area contributed by atoms with E-state index in [1.807, 2.05) is 43.3 Å². The molecule has 3 aromatic rings. The number of methoxy groups -OCH3 is 1. The third kappa shape index (κ3) is 6.45. The Balaban J connectivity index is 1.34. The van der Waals surface area contributed by atoms with Gasteiger partial charge in [0.15, 0.2) is 0 Å². The van der Waals surface area contributed by atoms with Crippen LogP contribution in [0.2, 0.25) is 5.02 Å². The molecule has 1 aromatic heterocycles. The minimum atomic E-state index is -0.305. The van der Waals surface area contributed by atoms with Crippen molar-refractivity contribution in [3.63, 3.8) is 0 Å². The van der Waals surface area contributed by atoms with E-state index in [0.29, 0.717) is 59.7 Å². The first kappa shape index (κ1) is 28.8. The monoisotopic (exact) mass is 578 g/mol. The number of hydrogen-bond acceptors (Lipinski definition) is 8. The summed E-state index contributed by atoms with van der Waals surface area (Å²) in [6.45, 7) is 3.58. The van der Waals surface area contributed by atoms with Crippen molar-refractivity contribution in [3.05, 3.63) is 70.4 Å². The molecular formula is C30H35ClN6O4. The fourth-order valence-electron chi connectivity index (χ4n) is 5.39. The number of nitrogens with zero attached hydrogens (tertiary/aromatic N) is 3. The molecule has 0 bridgehead atoms. The molecule has 2 aliphatic rings. The molecule has 1 unspecified atom stereocenters. The summed E-state index contributed by atoms with van der Waals surface area (Å²) in [5.74, 6) is 0.706. The van der Waals surface area contributed by atoms with Crippen LogP contribution in [0, 0.1) is 0 Å². The van der Waals surface area contributed by atoms with Crippen LogP contribution in [0.25, 0.3) is 11.3 Å². The smallest absolute Gasteiger partial charge is 0.255 e. The lowest BCUT2D eigenvalue weighted by Crippen LogP contribution is -2.40. The van der Waals surface area contributed by atoms with Crippen LogP contribution in [-0.4, -0.2) is 66.1 Å². The van der Waals surface area contributed by atoms with Crippen molar-refractivity contribution in [1.29, 1.82) is 0 Å². The van der Waals surface area contributed by atoms with Crippen LogP contribution >= 0.6 is 11.6 Å². The molecule has 4 N–H and O–H groups in total. The number of ether oxygens (including phenoxy) is 2. The molecule has 1 saturated heterocycles. The number of nitrogens with one attached hydrogen (secondary N) is 2. The summed E-state index contributed by atoms with van der Waals surface area (Å²) >= 11 is 6.51. The first-order valence-corrected chi connectivity index (χ1v) is 14.2. The summed E-state index contributed by atoms with van der Waals surface area (Å²) in [4.78, 5) is 37.4. The quantitative estimate of drug-likeness (QED) is 0.327. The molecule has 0 spiro atoms. The molecule has 0 saturated carbocycles. The third-order valence-corrected chi connectivity index (χ3v) is 7.85. The number of benzene rings is 2. The van der Waals surface area contributed by atoms with Crippen molar-refractivity contribution in [2.45, 2.75) is 44.3 Å². The number of nitrogens with two attached hydrogens (primary N) is 1. The zero-order valence-corrected chi connectivity index (χ0v) is 24.0. The maximum atomic E-state index is 13.7. The van der Waals surface area contributed by atoms with Gasteiger partial charge in [-0.2, -0.15) is 0 Å². The number of rotatable bonds is 10. The third-order valence-electron chi connectivity index (χ3n) is 7.58. The molecule has 2 aliphatic heterocycles. The number of hydrogen-bond donors (Lipinski definition) is 3. The summed E-state index contributed by atoms with van der Waals surface area (Å²) in [5, 5.41) is 6.75. The largest absolute Gasteiger partial charge is 0.497 e. The zero-order chi connectivity index (χ0) is 28.9. The summed E-state index contributed by atoms with van der Waals surface area (Å²) in [7, 11) is 1.60. The van der Waals surface area contributed by atoms with E-state index in [-0.39, 0.29) is 36.5 Å². The first-order chi connectivity index (χ1) is 19.9. The number of amides is 2. The van der Waals surface area contributed by atoms with Crippen LogP contribution < -0.4 is 21.1 Å². The van der Waals surface area contributed by atoms with Gasteiger partial charge in [0.25, 0.3) is 5.91 Å². The highest BCUT2D eigenvalue weighted by molar-refractivity contribution is 6.33. The standard InChI is InChI=1S/C30H35ClN6O4/c1-18(19-4-3-5-22(14-19)40-2)34-27(38)17-37-26(8-11-32)23-7-6-20(15-24(23)29(37)39)28-25(31)16-33-30(36-28)35-21-9-12-41-13-10-21/h3-7,14-16,18,21,26H,8-13,17,32H2,1-2H3,(H,34,38)(H,33,35,36)/t18?,26-/m1/s1. The highest BCUT2D eigenvalue weighted by Crippen LogP contribution is 2.38. The Labute approximate surface area is 244 Å². The van der Waals surface area contributed by atoms with E-state index >= 15 is 0 Å². The van der Waals surface area contributed by atoms with Crippen LogP contribution in [-0.2, 0) is 9.53 Å². The molecule has 3 heterocycles. The van der Waals surface area contributed by atoms with Crippen molar-refractivity contribution in [2.24, 2.45) is 5.73 Å². The summed E-state index contributed by atoms with van der Waals surface area (Å²) < 4.78 is 10.7. The maximum Gasteiger partial charge on any atom is 0.255 e. The predicted molar refractivity (Wildman–Crippen MR) is 157 cm³/mol. The van der Waals surface area contributed by atoms with E-state index in [0.717, 1.165) is 24.0 Å². The molecule has 10 nitrogen and oxygen atoms in total. The molecule has 5 rings (SSSR count). The van der Waals surface area contributed by atoms with Crippen molar-refractivity contribution >= 4 is 29.4 Å². The molecule has 2 amide bonds. The van der Waals surface area contributed by atoms with Gasteiger partial charge in [0, 0.05) is 30.4 Å². The average Bonchev–Trinajstić information content (AvgIpc) is 3.24. The number of carbonyl (C=O) groups is 2. The van der Waals surface area contributed by atoms with Gasteiger partial charge < -0.3 is 30.7 Å². The van der Waals surface area contributed by atoms with Gasteiger partial charge in [0.05, 0.1) is 36.1 Å². The molecule has 1 fully saturated rings. The van der Waals surface area contributed by atoms with E-state index in [2.05, 4.69) is 20.6 Å². The Morgan fingerprint density at radius 1 is 1.24 bits per heavy atom. The summed E-state index contributed by atoms with van der Waals surface area (Å²) in [6.07, 6.45) is 3.85. The Morgan fingerprint density at radius 3 is 2.80 bits per heavy atom. The normalized spacial score (nSPS) is 17.7. The van der Waals surface area contributed by atoms with Gasteiger partial charge in [-0.05, 0) is 62.1 Å². The van der Waals surface area contributed by atoms with Gasteiger partial charge in [-0.3, -0.25) is 9.59 Å². The van der Waals surface area contributed by atoms with Gasteiger partial charge in [-0.15, -0.1) is 0 Å². The van der Waals surface area contributed by atoms with E-state index in [1.165, 1.54) is 0 Å². The van der Waals surface area contributed by atoms with Gasteiger partial charge in [-0.1, -0.05) is 35.9 Å². The minimum absolute atomic E-state index is 0.0880. The van der Waals surface area contributed by atoms with Gasteiger partial charge in [-0.25, -0.2) is 9.97 Å². The second kappa shape index (κ2) is 12.8. The molecule has 216 valence electrons. The van der Waals surface area contributed by atoms with Crippen LogP contribution in [0.1, 0.15) is 59.8 Å². The lowest BCUT2D eigenvalue weighted by molar-refractivity contribution is -0.122. The van der Waals surface area contributed by atoms with E-state index in [1.54, 1.807) is 24.3 Å². The van der Waals surface area contributed by atoms with Crippen molar-refractivity contribution in [2.75, 3.05) is 38.7 Å². The lowest BCUT2D eigenvalue weighted by atomic mass is 9.98. The lowest BCUT2D eigenvalue weighted by Gasteiger charge is -2.25. The highest BCUT2D eigenvalue weighted by Gasteiger charge is 2.37. The Bertz CT molecular complexity index is 1410. The van der Waals surface area contributed by atoms with Crippen LogP contribution in [0.5, 0.6) is 5.75 Å². The van der Waals surface area contributed by atoms with Gasteiger partial charge in [0.1, 0.15) is 12.3 Å². The number of aromatic nitrogens is 2. The van der Waals surface area contributed by atoms with Crippen LogP contribution in [0.15, 0.2) is 48.7 Å². The predicted octanol–water partition coefficient (Wildman–Crippen LogP) is 4.12. The van der Waals surface area contributed by atoms with Crippen molar-refractivity contribution < 1.29 is 19.1 Å². The first-order valence-electron chi connectivity index (χ1n) is 13.8. The Hall–Kier alpha value is -3.73. The SMILES string of the molecule is COc1cccc(C(C)NC(=O)CN2C(=O)c3cc(-c4nc(NC5CCOCC5)ncc4Cl)ccc3[C@H]2CCN)c1. The van der Waals surface area contributed by atoms with Crippen LogP contribution in [0.4, 0.5) is 5.95 Å².